The summed E-state index contributed by atoms with van der Waals surface area (Å²) in [6, 6.07) is 9.98. The zero-order chi connectivity index (χ0) is 18.6. The molecule has 6 heteroatoms. The summed E-state index contributed by atoms with van der Waals surface area (Å²) in [5, 5.41) is 3.06. The summed E-state index contributed by atoms with van der Waals surface area (Å²) in [6.07, 6.45) is 5.68. The Balaban J connectivity index is 1.63. The minimum Gasteiger partial charge on any atom is -0.497 e. The average Bonchev–Trinajstić information content (AvgIpc) is 3.24. The molecule has 27 heavy (non-hydrogen) atoms. The smallest absolute Gasteiger partial charge is 0.131 e. The molecule has 0 radical (unpaired) electrons. The van der Waals surface area contributed by atoms with Gasteiger partial charge in [0.25, 0.3) is 0 Å². The molecule has 140 valence electrons. The van der Waals surface area contributed by atoms with Gasteiger partial charge in [-0.25, -0.2) is 9.97 Å². The van der Waals surface area contributed by atoms with Crippen molar-refractivity contribution in [3.05, 3.63) is 41.9 Å². The lowest BCUT2D eigenvalue weighted by molar-refractivity contribution is 0.395. The Morgan fingerprint density at radius 2 is 1.85 bits per heavy atom. The van der Waals surface area contributed by atoms with Crippen LogP contribution >= 0.6 is 11.3 Å². The Hall–Kier alpha value is -2.60. The van der Waals surface area contributed by atoms with E-state index in [2.05, 4.69) is 21.3 Å². The first kappa shape index (κ1) is 17.8. The number of rotatable bonds is 5. The molecule has 0 spiro atoms. The maximum absolute atomic E-state index is 5.52. The van der Waals surface area contributed by atoms with Gasteiger partial charge < -0.3 is 14.4 Å². The second-order valence-corrected chi connectivity index (χ2v) is 7.41. The molecule has 1 aliphatic heterocycles. The van der Waals surface area contributed by atoms with Gasteiger partial charge in [-0.05, 0) is 43.5 Å². The minimum absolute atomic E-state index is 0.759. The second-order valence-electron chi connectivity index (χ2n) is 6.55. The third-order valence-corrected chi connectivity index (χ3v) is 5.75. The van der Waals surface area contributed by atoms with Crippen molar-refractivity contribution < 1.29 is 9.47 Å². The summed E-state index contributed by atoms with van der Waals surface area (Å²) < 4.78 is 10.8. The monoisotopic (exact) mass is 381 g/mol. The number of nitrogens with zero attached hydrogens (tertiary/aromatic N) is 3. The topological polar surface area (TPSA) is 47.5 Å². The number of aromatic nitrogens is 2. The summed E-state index contributed by atoms with van der Waals surface area (Å²) in [5.74, 6) is 2.58. The molecule has 2 aromatic heterocycles. The van der Waals surface area contributed by atoms with Crippen molar-refractivity contribution in [3.8, 4) is 33.3 Å². The van der Waals surface area contributed by atoms with Crippen molar-refractivity contribution in [2.24, 2.45) is 0 Å². The van der Waals surface area contributed by atoms with Crippen molar-refractivity contribution >= 4 is 17.2 Å². The molecule has 1 fully saturated rings. The predicted molar refractivity (Wildman–Crippen MR) is 110 cm³/mol. The molecule has 5 nitrogen and oxygen atoms in total. The molecule has 0 saturated carbocycles. The highest BCUT2D eigenvalue weighted by atomic mass is 32.1. The fourth-order valence-electron chi connectivity index (χ4n) is 3.39. The Labute approximate surface area is 163 Å². The summed E-state index contributed by atoms with van der Waals surface area (Å²) in [4.78, 5) is 11.8. The predicted octanol–water partition coefficient (Wildman–Crippen LogP) is 4.88. The van der Waals surface area contributed by atoms with Crippen LogP contribution in [0, 0.1) is 0 Å². The molecule has 1 saturated heterocycles. The summed E-state index contributed by atoms with van der Waals surface area (Å²) in [7, 11) is 3.32. The first-order chi connectivity index (χ1) is 13.3. The van der Waals surface area contributed by atoms with Crippen LogP contribution in [0.1, 0.15) is 19.3 Å². The molecule has 0 unspecified atom stereocenters. The molecule has 1 aliphatic rings. The van der Waals surface area contributed by atoms with E-state index in [0.29, 0.717) is 0 Å². The lowest BCUT2D eigenvalue weighted by Gasteiger charge is -2.27. The van der Waals surface area contributed by atoms with E-state index >= 15 is 0 Å². The Bertz CT molecular complexity index is 919. The maximum atomic E-state index is 5.52. The van der Waals surface area contributed by atoms with E-state index in [1.807, 2.05) is 30.5 Å². The lowest BCUT2D eigenvalue weighted by Crippen LogP contribution is -2.30. The van der Waals surface area contributed by atoms with E-state index in [1.54, 1.807) is 25.6 Å². The average molecular weight is 382 g/mol. The van der Waals surface area contributed by atoms with Crippen molar-refractivity contribution in [1.29, 1.82) is 0 Å². The molecule has 4 rings (SSSR count). The largest absolute Gasteiger partial charge is 0.497 e. The maximum Gasteiger partial charge on any atom is 0.131 e. The van der Waals surface area contributed by atoms with E-state index in [-0.39, 0.29) is 0 Å². The first-order valence-corrected chi connectivity index (χ1v) is 10.1. The van der Waals surface area contributed by atoms with Gasteiger partial charge in [-0.15, -0.1) is 11.3 Å². The number of hydrogen-bond acceptors (Lipinski definition) is 6. The van der Waals surface area contributed by atoms with Gasteiger partial charge in [0.05, 0.1) is 19.9 Å². The third-order valence-electron chi connectivity index (χ3n) is 4.86. The second kappa shape index (κ2) is 7.96. The third kappa shape index (κ3) is 3.76. The van der Waals surface area contributed by atoms with Gasteiger partial charge in [-0.3, -0.25) is 0 Å². The zero-order valence-electron chi connectivity index (χ0n) is 15.6. The molecule has 1 aromatic carbocycles. The van der Waals surface area contributed by atoms with Crippen LogP contribution in [0.5, 0.6) is 11.5 Å². The molecule has 3 aromatic rings. The van der Waals surface area contributed by atoms with E-state index < -0.39 is 0 Å². The number of pyridine rings is 1. The number of benzene rings is 1. The van der Waals surface area contributed by atoms with E-state index in [1.165, 1.54) is 19.3 Å². The van der Waals surface area contributed by atoms with Gasteiger partial charge in [0.2, 0.25) is 0 Å². The van der Waals surface area contributed by atoms with Gasteiger partial charge in [-0.2, -0.15) is 0 Å². The SMILES string of the molecule is COc1ccc(-c2csc(-c3ccnc(N4CCCCC4)c3)n2)c(OC)c1. The summed E-state index contributed by atoms with van der Waals surface area (Å²) in [5.41, 5.74) is 2.98. The number of methoxy groups -OCH3 is 2. The van der Waals surface area contributed by atoms with Gasteiger partial charge in [-0.1, -0.05) is 0 Å². The number of thiazole rings is 1. The normalized spacial score (nSPS) is 14.2. The highest BCUT2D eigenvalue weighted by molar-refractivity contribution is 7.13. The van der Waals surface area contributed by atoms with Gasteiger partial charge in [0.15, 0.2) is 0 Å². The highest BCUT2D eigenvalue weighted by Gasteiger charge is 2.15. The van der Waals surface area contributed by atoms with Gasteiger partial charge >= 0.3 is 0 Å². The standard InChI is InChI=1S/C21H23N3O2S/c1-25-16-6-7-17(19(13-16)26-2)18-14-27-21(23-18)15-8-9-22-20(12-15)24-10-4-3-5-11-24/h6-9,12-14H,3-5,10-11H2,1-2H3. The van der Waals surface area contributed by atoms with Crippen molar-refractivity contribution in [2.75, 3.05) is 32.2 Å². The van der Waals surface area contributed by atoms with Gasteiger partial charge in [0, 0.05) is 41.9 Å². The highest BCUT2D eigenvalue weighted by Crippen LogP contribution is 2.36. The van der Waals surface area contributed by atoms with Crippen LogP contribution in [0.15, 0.2) is 41.9 Å². The fraction of sp³-hybridized carbons (Fsp3) is 0.333. The summed E-state index contributed by atoms with van der Waals surface area (Å²) >= 11 is 1.64. The lowest BCUT2D eigenvalue weighted by atomic mass is 10.1. The number of piperidine rings is 1. The molecule has 0 amide bonds. The van der Waals surface area contributed by atoms with Crippen molar-refractivity contribution in [2.45, 2.75) is 19.3 Å². The Morgan fingerprint density at radius 3 is 2.63 bits per heavy atom. The molecular formula is C21H23N3O2S. The zero-order valence-corrected chi connectivity index (χ0v) is 16.5. The van der Waals surface area contributed by atoms with E-state index in [4.69, 9.17) is 14.5 Å². The van der Waals surface area contributed by atoms with Crippen molar-refractivity contribution in [1.82, 2.24) is 9.97 Å². The first-order valence-electron chi connectivity index (χ1n) is 9.18. The van der Waals surface area contributed by atoms with Crippen LogP contribution in [-0.4, -0.2) is 37.3 Å². The van der Waals surface area contributed by atoms with Gasteiger partial charge in [0.1, 0.15) is 22.3 Å². The summed E-state index contributed by atoms with van der Waals surface area (Å²) in [6.45, 7) is 2.17. The molecule has 0 atom stereocenters. The minimum atomic E-state index is 0.759. The Morgan fingerprint density at radius 1 is 1.00 bits per heavy atom. The van der Waals surface area contributed by atoms with Crippen LogP contribution in [0.4, 0.5) is 5.82 Å². The number of anilines is 1. The molecule has 3 heterocycles. The van der Waals surface area contributed by atoms with Crippen LogP contribution < -0.4 is 14.4 Å². The van der Waals surface area contributed by atoms with E-state index in [0.717, 1.165) is 52.2 Å². The Kier molecular flexibility index (Phi) is 5.25. The fourth-order valence-corrected chi connectivity index (χ4v) is 4.20. The van der Waals surface area contributed by atoms with Crippen LogP contribution in [-0.2, 0) is 0 Å². The molecule has 0 N–H and O–H groups in total. The van der Waals surface area contributed by atoms with Crippen LogP contribution in [0.25, 0.3) is 21.8 Å². The number of ether oxygens (including phenoxy) is 2. The van der Waals surface area contributed by atoms with Crippen molar-refractivity contribution in [3.63, 3.8) is 0 Å². The molecule has 0 bridgehead atoms. The molecule has 0 aliphatic carbocycles. The number of hydrogen-bond donors (Lipinski definition) is 0. The quantitative estimate of drug-likeness (QED) is 0.630. The van der Waals surface area contributed by atoms with Crippen LogP contribution in [0.2, 0.25) is 0 Å². The van der Waals surface area contributed by atoms with Crippen LogP contribution in [0.3, 0.4) is 0 Å². The van der Waals surface area contributed by atoms with E-state index in [9.17, 15) is 0 Å². The molecular weight excluding hydrogens is 358 g/mol.